The third kappa shape index (κ3) is 3.17. The van der Waals surface area contributed by atoms with Gasteiger partial charge in [0.2, 0.25) is 0 Å². The zero-order valence-corrected chi connectivity index (χ0v) is 12.8. The lowest BCUT2D eigenvalue weighted by Gasteiger charge is -2.08. The van der Waals surface area contributed by atoms with Crippen LogP contribution in [0.15, 0.2) is 48.7 Å². The number of aryl methyl sites for hydroxylation is 1. The number of nitrogens with zero attached hydrogens (tertiary/aromatic N) is 2. The lowest BCUT2D eigenvalue weighted by Crippen LogP contribution is -2.27. The Morgan fingerprint density at radius 3 is 2.74 bits per heavy atom. The number of benzene rings is 1. The van der Waals surface area contributed by atoms with Gasteiger partial charge in [-0.25, -0.2) is 10.5 Å². The third-order valence-corrected chi connectivity index (χ3v) is 3.67. The molecule has 23 heavy (non-hydrogen) atoms. The third-order valence-electron chi connectivity index (χ3n) is 3.67. The summed E-state index contributed by atoms with van der Waals surface area (Å²) >= 11 is 0. The second-order valence-corrected chi connectivity index (χ2v) is 5.34. The molecular formula is C17H18N4O2. The molecule has 6 nitrogen and oxygen atoms in total. The maximum atomic E-state index is 11.3. The molecule has 118 valence electrons. The SMILES string of the molecule is Cc1cccn2c(NCC(=O)NO)c(Cc3ccccc3)nc12. The number of carbonyl (C=O) groups is 1. The van der Waals surface area contributed by atoms with Crippen molar-refractivity contribution in [2.75, 3.05) is 11.9 Å². The number of amides is 1. The first-order chi connectivity index (χ1) is 11.2. The first-order valence-electron chi connectivity index (χ1n) is 7.36. The average Bonchev–Trinajstić information content (AvgIpc) is 2.92. The van der Waals surface area contributed by atoms with E-state index in [2.05, 4.69) is 5.32 Å². The van der Waals surface area contributed by atoms with Gasteiger partial charge >= 0.3 is 0 Å². The van der Waals surface area contributed by atoms with Gasteiger partial charge in [-0.15, -0.1) is 0 Å². The molecule has 0 aliphatic carbocycles. The predicted octanol–water partition coefficient (Wildman–Crippen LogP) is 2.15. The molecular weight excluding hydrogens is 292 g/mol. The molecule has 0 aliphatic rings. The maximum Gasteiger partial charge on any atom is 0.262 e. The molecule has 0 fully saturated rings. The van der Waals surface area contributed by atoms with Crippen molar-refractivity contribution in [2.45, 2.75) is 13.3 Å². The molecule has 2 aromatic heterocycles. The van der Waals surface area contributed by atoms with Gasteiger partial charge in [0.25, 0.3) is 5.91 Å². The Morgan fingerprint density at radius 1 is 1.22 bits per heavy atom. The van der Waals surface area contributed by atoms with Crippen LogP contribution in [0.2, 0.25) is 0 Å². The molecule has 3 N–H and O–H groups in total. The molecule has 2 heterocycles. The second-order valence-electron chi connectivity index (χ2n) is 5.34. The number of hydrogen-bond donors (Lipinski definition) is 3. The fourth-order valence-electron chi connectivity index (χ4n) is 2.55. The lowest BCUT2D eigenvalue weighted by atomic mass is 10.1. The molecule has 1 amide bonds. The number of aromatic nitrogens is 2. The molecule has 0 spiro atoms. The van der Waals surface area contributed by atoms with Crippen LogP contribution >= 0.6 is 0 Å². The summed E-state index contributed by atoms with van der Waals surface area (Å²) in [5, 5.41) is 11.7. The van der Waals surface area contributed by atoms with Crippen LogP contribution in [0.25, 0.3) is 5.65 Å². The largest absolute Gasteiger partial charge is 0.360 e. The lowest BCUT2D eigenvalue weighted by molar-refractivity contribution is -0.127. The summed E-state index contributed by atoms with van der Waals surface area (Å²) < 4.78 is 1.93. The summed E-state index contributed by atoms with van der Waals surface area (Å²) in [4.78, 5) is 16.0. The number of rotatable bonds is 5. The van der Waals surface area contributed by atoms with E-state index in [1.165, 1.54) is 0 Å². The van der Waals surface area contributed by atoms with Crippen molar-refractivity contribution >= 4 is 17.4 Å². The molecule has 3 rings (SSSR count). The number of fused-ring (bicyclic) bond motifs is 1. The predicted molar refractivity (Wildman–Crippen MR) is 87.6 cm³/mol. The Kier molecular flexibility index (Phi) is 4.25. The average molecular weight is 310 g/mol. The summed E-state index contributed by atoms with van der Waals surface area (Å²) in [6.45, 7) is 1.97. The quantitative estimate of drug-likeness (QED) is 0.498. The van der Waals surface area contributed by atoms with Gasteiger partial charge in [-0.05, 0) is 24.1 Å². The fraction of sp³-hybridized carbons (Fsp3) is 0.176. The zero-order chi connectivity index (χ0) is 16.2. The van der Waals surface area contributed by atoms with E-state index in [0.29, 0.717) is 6.42 Å². The van der Waals surface area contributed by atoms with E-state index in [0.717, 1.165) is 28.3 Å². The summed E-state index contributed by atoms with van der Waals surface area (Å²) in [6, 6.07) is 14.0. The highest BCUT2D eigenvalue weighted by Gasteiger charge is 2.14. The normalized spacial score (nSPS) is 10.7. The van der Waals surface area contributed by atoms with Crippen LogP contribution in [0.3, 0.4) is 0 Å². The number of anilines is 1. The first-order valence-corrected chi connectivity index (χ1v) is 7.36. The number of nitrogens with one attached hydrogen (secondary N) is 2. The number of pyridine rings is 1. The van der Waals surface area contributed by atoms with Gasteiger partial charge in [0.05, 0.1) is 12.2 Å². The molecule has 0 saturated carbocycles. The van der Waals surface area contributed by atoms with E-state index >= 15 is 0 Å². The second kappa shape index (κ2) is 6.50. The molecule has 0 saturated heterocycles. The van der Waals surface area contributed by atoms with Crippen molar-refractivity contribution in [3.63, 3.8) is 0 Å². The van der Waals surface area contributed by atoms with Crippen LogP contribution in [-0.2, 0) is 11.2 Å². The summed E-state index contributed by atoms with van der Waals surface area (Å²) in [5.41, 5.74) is 5.53. The van der Waals surface area contributed by atoms with Gasteiger partial charge in [0, 0.05) is 12.6 Å². The molecule has 6 heteroatoms. The van der Waals surface area contributed by atoms with E-state index in [1.54, 1.807) is 5.48 Å². The van der Waals surface area contributed by atoms with Crippen molar-refractivity contribution in [1.82, 2.24) is 14.9 Å². The molecule has 0 bridgehead atoms. The van der Waals surface area contributed by atoms with Crippen LogP contribution in [0, 0.1) is 6.92 Å². The van der Waals surface area contributed by atoms with Crippen molar-refractivity contribution in [3.8, 4) is 0 Å². The molecule has 0 radical (unpaired) electrons. The number of imidazole rings is 1. The molecule has 0 unspecified atom stereocenters. The highest BCUT2D eigenvalue weighted by Crippen LogP contribution is 2.23. The van der Waals surface area contributed by atoms with Gasteiger partial charge in [-0.1, -0.05) is 36.4 Å². The van der Waals surface area contributed by atoms with E-state index < -0.39 is 5.91 Å². The van der Waals surface area contributed by atoms with Gasteiger partial charge in [-0.3, -0.25) is 14.4 Å². The molecule has 3 aromatic rings. The maximum absolute atomic E-state index is 11.3. The van der Waals surface area contributed by atoms with Crippen LogP contribution < -0.4 is 10.8 Å². The Hall–Kier alpha value is -2.86. The van der Waals surface area contributed by atoms with Crippen molar-refractivity contribution < 1.29 is 10.0 Å². The minimum absolute atomic E-state index is 0.0278. The van der Waals surface area contributed by atoms with Crippen LogP contribution in [0.1, 0.15) is 16.8 Å². The fourth-order valence-corrected chi connectivity index (χ4v) is 2.55. The Balaban J connectivity index is 2.00. The minimum atomic E-state index is -0.502. The molecule has 1 aromatic carbocycles. The molecule has 0 aliphatic heterocycles. The van der Waals surface area contributed by atoms with E-state index in [1.807, 2.05) is 60.0 Å². The van der Waals surface area contributed by atoms with Crippen molar-refractivity contribution in [1.29, 1.82) is 0 Å². The summed E-state index contributed by atoms with van der Waals surface area (Å²) in [5.74, 6) is 0.259. The first kappa shape index (κ1) is 15.1. The van der Waals surface area contributed by atoms with Gasteiger partial charge in [0.15, 0.2) is 0 Å². The van der Waals surface area contributed by atoms with Crippen LogP contribution in [-0.4, -0.2) is 27.0 Å². The highest BCUT2D eigenvalue weighted by atomic mass is 16.5. The van der Waals surface area contributed by atoms with Crippen molar-refractivity contribution in [3.05, 3.63) is 65.5 Å². The minimum Gasteiger partial charge on any atom is -0.360 e. The van der Waals surface area contributed by atoms with E-state index in [4.69, 9.17) is 10.2 Å². The van der Waals surface area contributed by atoms with E-state index in [-0.39, 0.29) is 6.54 Å². The van der Waals surface area contributed by atoms with Gasteiger partial charge in [-0.2, -0.15) is 0 Å². The van der Waals surface area contributed by atoms with E-state index in [9.17, 15) is 4.79 Å². The molecule has 0 atom stereocenters. The zero-order valence-electron chi connectivity index (χ0n) is 12.8. The Bertz CT molecular complexity index is 827. The summed E-state index contributed by atoms with van der Waals surface area (Å²) in [6.07, 6.45) is 2.56. The Labute approximate surface area is 133 Å². The van der Waals surface area contributed by atoms with Gasteiger partial charge < -0.3 is 5.32 Å². The standard InChI is InChI=1S/C17H18N4O2/c1-12-6-5-9-21-16(12)19-14(10-13-7-3-2-4-8-13)17(21)18-11-15(22)20-23/h2-9,18,23H,10-11H2,1H3,(H,20,22). The number of hydroxylamine groups is 1. The smallest absolute Gasteiger partial charge is 0.262 e. The van der Waals surface area contributed by atoms with Gasteiger partial charge in [0.1, 0.15) is 11.5 Å². The van der Waals surface area contributed by atoms with Crippen LogP contribution in [0.4, 0.5) is 5.82 Å². The number of hydrogen-bond acceptors (Lipinski definition) is 4. The van der Waals surface area contributed by atoms with Crippen molar-refractivity contribution in [2.24, 2.45) is 0 Å². The monoisotopic (exact) mass is 310 g/mol. The topological polar surface area (TPSA) is 78.7 Å². The Morgan fingerprint density at radius 2 is 2.00 bits per heavy atom. The number of carbonyl (C=O) groups excluding carboxylic acids is 1. The highest BCUT2D eigenvalue weighted by molar-refractivity contribution is 5.79. The summed E-state index contributed by atoms with van der Waals surface area (Å²) in [7, 11) is 0. The van der Waals surface area contributed by atoms with Crippen LogP contribution in [0.5, 0.6) is 0 Å².